The van der Waals surface area contributed by atoms with Gasteiger partial charge in [-0.1, -0.05) is 6.07 Å². The third-order valence-electron chi connectivity index (χ3n) is 5.49. The number of benzene rings is 2. The summed E-state index contributed by atoms with van der Waals surface area (Å²) < 4.78 is 5.13. The molecule has 3 aromatic rings. The summed E-state index contributed by atoms with van der Waals surface area (Å²) in [6.45, 7) is 2.61. The number of methoxy groups -OCH3 is 1. The third kappa shape index (κ3) is 5.35. The molecule has 174 valence electrons. The Bertz CT molecular complexity index is 1230. The minimum absolute atomic E-state index is 0.113. The first-order chi connectivity index (χ1) is 16.4. The maximum Gasteiger partial charge on any atom is 0.272 e. The molecule has 0 unspecified atom stereocenters. The largest absolute Gasteiger partial charge is 0.497 e. The van der Waals surface area contributed by atoms with Crippen LogP contribution < -0.4 is 20.3 Å². The molecule has 2 aromatic carbocycles. The van der Waals surface area contributed by atoms with E-state index < -0.39 is 11.8 Å². The second-order valence-corrected chi connectivity index (χ2v) is 8.84. The van der Waals surface area contributed by atoms with Crippen LogP contribution in [0, 0.1) is 6.92 Å². The average Bonchev–Trinajstić information content (AvgIpc) is 3.50. The van der Waals surface area contributed by atoms with Gasteiger partial charge in [0.1, 0.15) is 11.4 Å². The van der Waals surface area contributed by atoms with Crippen LogP contribution in [0.4, 0.5) is 11.4 Å². The first kappa shape index (κ1) is 23.3. The Morgan fingerprint density at radius 1 is 1.12 bits per heavy atom. The molecular weight excluding hydrogens is 450 g/mol. The van der Waals surface area contributed by atoms with Crippen LogP contribution in [0.5, 0.6) is 5.75 Å². The number of aryl methyl sites for hydroxylation is 1. The van der Waals surface area contributed by atoms with Gasteiger partial charge in [0.25, 0.3) is 11.8 Å². The first-order valence-corrected chi connectivity index (χ1v) is 11.8. The molecule has 1 fully saturated rings. The van der Waals surface area contributed by atoms with E-state index in [9.17, 15) is 14.4 Å². The second kappa shape index (κ2) is 10.4. The summed E-state index contributed by atoms with van der Waals surface area (Å²) in [5.41, 5.74) is 2.84. The molecule has 4 rings (SSSR count). The SMILES string of the molecule is COc1ccc(C(=O)N/C(=C\c2cccs2)C(=O)Nc2ccc(N3CCCC3=O)c(C)c2)cc1. The van der Waals surface area contributed by atoms with Gasteiger partial charge in [0.05, 0.1) is 7.11 Å². The second-order valence-electron chi connectivity index (χ2n) is 7.86. The minimum atomic E-state index is -0.445. The van der Waals surface area contributed by atoms with E-state index in [1.54, 1.807) is 48.4 Å². The zero-order valence-corrected chi connectivity index (χ0v) is 19.8. The number of ether oxygens (including phenoxy) is 1. The van der Waals surface area contributed by atoms with E-state index in [1.165, 1.54) is 11.3 Å². The van der Waals surface area contributed by atoms with Gasteiger partial charge in [0, 0.05) is 34.8 Å². The number of anilines is 2. The summed E-state index contributed by atoms with van der Waals surface area (Å²) in [5.74, 6) is -0.0975. The number of hydrogen-bond acceptors (Lipinski definition) is 5. The lowest BCUT2D eigenvalue weighted by molar-refractivity contribution is -0.117. The zero-order valence-electron chi connectivity index (χ0n) is 19.0. The molecule has 34 heavy (non-hydrogen) atoms. The molecule has 2 N–H and O–H groups in total. The van der Waals surface area contributed by atoms with E-state index in [-0.39, 0.29) is 11.6 Å². The number of thiophene rings is 1. The van der Waals surface area contributed by atoms with Gasteiger partial charge in [-0.2, -0.15) is 0 Å². The van der Waals surface area contributed by atoms with Gasteiger partial charge in [0.2, 0.25) is 5.91 Å². The van der Waals surface area contributed by atoms with Gasteiger partial charge in [-0.15, -0.1) is 11.3 Å². The Morgan fingerprint density at radius 3 is 2.53 bits per heavy atom. The summed E-state index contributed by atoms with van der Waals surface area (Å²) in [7, 11) is 1.55. The zero-order chi connectivity index (χ0) is 24.1. The predicted molar refractivity (Wildman–Crippen MR) is 134 cm³/mol. The summed E-state index contributed by atoms with van der Waals surface area (Å²) in [5, 5.41) is 7.48. The molecule has 1 aliphatic rings. The molecule has 1 aliphatic heterocycles. The fraction of sp³-hybridized carbons (Fsp3) is 0.192. The highest BCUT2D eigenvalue weighted by Gasteiger charge is 2.23. The topological polar surface area (TPSA) is 87.7 Å². The monoisotopic (exact) mass is 475 g/mol. The summed E-state index contributed by atoms with van der Waals surface area (Å²) >= 11 is 1.46. The predicted octanol–water partition coefficient (Wildman–Crippen LogP) is 4.60. The van der Waals surface area contributed by atoms with E-state index in [0.717, 1.165) is 22.5 Å². The van der Waals surface area contributed by atoms with Crippen LogP contribution in [-0.4, -0.2) is 31.4 Å². The van der Waals surface area contributed by atoms with Crippen molar-refractivity contribution in [1.29, 1.82) is 0 Å². The number of hydrogen-bond donors (Lipinski definition) is 2. The molecule has 0 atom stereocenters. The molecular formula is C26H25N3O4S. The summed E-state index contributed by atoms with van der Waals surface area (Å²) in [6.07, 6.45) is 3.05. The molecule has 0 aliphatic carbocycles. The van der Waals surface area contributed by atoms with Crippen molar-refractivity contribution >= 4 is 46.5 Å². The highest BCUT2D eigenvalue weighted by Crippen LogP contribution is 2.27. The smallest absolute Gasteiger partial charge is 0.272 e. The maximum atomic E-state index is 13.1. The Hall–Kier alpha value is -3.91. The summed E-state index contributed by atoms with van der Waals surface area (Å²) in [4.78, 5) is 40.6. The quantitative estimate of drug-likeness (QED) is 0.489. The Kier molecular flexibility index (Phi) is 7.08. The molecule has 8 heteroatoms. The number of carbonyl (C=O) groups is 3. The molecule has 0 spiro atoms. The minimum Gasteiger partial charge on any atom is -0.497 e. The molecule has 3 amide bonds. The number of nitrogens with one attached hydrogen (secondary N) is 2. The number of carbonyl (C=O) groups excluding carboxylic acids is 3. The maximum absolute atomic E-state index is 13.1. The molecule has 1 saturated heterocycles. The molecule has 0 saturated carbocycles. The van der Waals surface area contributed by atoms with Crippen molar-refractivity contribution in [3.8, 4) is 5.75 Å². The van der Waals surface area contributed by atoms with Gasteiger partial charge in [0.15, 0.2) is 0 Å². The van der Waals surface area contributed by atoms with Crippen molar-refractivity contribution < 1.29 is 19.1 Å². The Morgan fingerprint density at radius 2 is 1.91 bits per heavy atom. The van der Waals surface area contributed by atoms with Crippen LogP contribution in [0.2, 0.25) is 0 Å². The molecule has 1 aromatic heterocycles. The molecule has 2 heterocycles. The van der Waals surface area contributed by atoms with Crippen molar-refractivity contribution in [3.05, 3.63) is 81.7 Å². The van der Waals surface area contributed by atoms with Gasteiger partial charge in [-0.05, 0) is 78.9 Å². The summed E-state index contributed by atoms with van der Waals surface area (Å²) in [6, 6.07) is 15.8. The lowest BCUT2D eigenvalue weighted by Gasteiger charge is -2.19. The van der Waals surface area contributed by atoms with Gasteiger partial charge >= 0.3 is 0 Å². The Labute approximate surface area is 202 Å². The fourth-order valence-corrected chi connectivity index (χ4v) is 4.41. The van der Waals surface area contributed by atoms with Crippen molar-refractivity contribution in [1.82, 2.24) is 5.32 Å². The highest BCUT2D eigenvalue weighted by atomic mass is 32.1. The normalized spacial score (nSPS) is 13.6. The van der Waals surface area contributed by atoms with Crippen molar-refractivity contribution in [3.63, 3.8) is 0 Å². The van der Waals surface area contributed by atoms with E-state index in [2.05, 4.69) is 10.6 Å². The molecule has 7 nitrogen and oxygen atoms in total. The van der Waals surface area contributed by atoms with Crippen LogP contribution in [0.1, 0.15) is 33.6 Å². The third-order valence-corrected chi connectivity index (χ3v) is 6.31. The lowest BCUT2D eigenvalue weighted by Crippen LogP contribution is -2.30. The van der Waals surface area contributed by atoms with Gasteiger partial charge in [-0.3, -0.25) is 14.4 Å². The average molecular weight is 476 g/mol. The van der Waals surface area contributed by atoms with Crippen molar-refractivity contribution in [2.75, 3.05) is 23.9 Å². The van der Waals surface area contributed by atoms with Gasteiger partial charge in [-0.25, -0.2) is 0 Å². The molecule has 0 bridgehead atoms. The van der Waals surface area contributed by atoms with E-state index in [0.29, 0.717) is 30.0 Å². The molecule has 0 radical (unpaired) electrons. The number of amides is 3. The van der Waals surface area contributed by atoms with Gasteiger partial charge < -0.3 is 20.3 Å². The fourth-order valence-electron chi connectivity index (χ4n) is 3.75. The van der Waals surface area contributed by atoms with Crippen LogP contribution in [0.15, 0.2) is 65.7 Å². The van der Waals surface area contributed by atoms with E-state index in [4.69, 9.17) is 4.74 Å². The van der Waals surface area contributed by atoms with Crippen LogP contribution in [0.3, 0.4) is 0 Å². The lowest BCUT2D eigenvalue weighted by atomic mass is 10.1. The van der Waals surface area contributed by atoms with E-state index >= 15 is 0 Å². The highest BCUT2D eigenvalue weighted by molar-refractivity contribution is 7.10. The van der Waals surface area contributed by atoms with E-state index in [1.807, 2.05) is 36.6 Å². The first-order valence-electron chi connectivity index (χ1n) is 10.9. The van der Waals surface area contributed by atoms with Crippen molar-refractivity contribution in [2.45, 2.75) is 19.8 Å². The number of rotatable bonds is 7. The van der Waals surface area contributed by atoms with Crippen molar-refractivity contribution in [2.24, 2.45) is 0 Å². The van der Waals surface area contributed by atoms with Crippen LogP contribution in [-0.2, 0) is 9.59 Å². The Balaban J connectivity index is 1.53. The standard InChI is InChI=1S/C26H25N3O4S/c1-17-15-19(9-12-23(17)29-13-3-6-24(29)30)27-26(32)22(16-21-5-4-14-34-21)28-25(31)18-7-10-20(33-2)11-8-18/h4-5,7-12,14-16H,3,6,13H2,1-2H3,(H,27,32)(H,28,31)/b22-16-. The van der Waals surface area contributed by atoms with Crippen LogP contribution in [0.25, 0.3) is 6.08 Å². The van der Waals surface area contributed by atoms with Crippen LogP contribution >= 0.6 is 11.3 Å². The number of nitrogens with zero attached hydrogens (tertiary/aromatic N) is 1.